The molecule has 9 heteroatoms. The number of nitrogens with one attached hydrogen (secondary N) is 2. The van der Waals surface area contributed by atoms with Crippen LogP contribution in [0.1, 0.15) is 38.7 Å². The van der Waals surface area contributed by atoms with Gasteiger partial charge in [-0.2, -0.15) is 0 Å². The zero-order valence-electron chi connectivity index (χ0n) is 13.4. The smallest absolute Gasteiger partial charge is 0.426 e. The van der Waals surface area contributed by atoms with Gasteiger partial charge in [-0.1, -0.05) is 0 Å². The molecule has 5 nitrogen and oxygen atoms in total. The van der Waals surface area contributed by atoms with Gasteiger partial charge in [0, 0.05) is 5.88 Å². The second kappa shape index (κ2) is 8.23. The van der Waals surface area contributed by atoms with E-state index in [0.717, 1.165) is 0 Å². The zero-order chi connectivity index (χ0) is 18.5. The SMILES string of the molecule is CC(C)(C)OC(=O)NNC(=O)C(CCCl)c1cc(F)c(F)c(F)c1. The van der Waals surface area contributed by atoms with Gasteiger partial charge in [-0.05, 0) is 44.9 Å². The van der Waals surface area contributed by atoms with Crippen molar-refractivity contribution in [2.24, 2.45) is 0 Å². The molecule has 134 valence electrons. The summed E-state index contributed by atoms with van der Waals surface area (Å²) in [4.78, 5) is 23.6. The van der Waals surface area contributed by atoms with Crippen LogP contribution in [-0.2, 0) is 9.53 Å². The average Bonchev–Trinajstić information content (AvgIpc) is 2.45. The topological polar surface area (TPSA) is 67.4 Å². The predicted molar refractivity (Wildman–Crippen MR) is 81.9 cm³/mol. The van der Waals surface area contributed by atoms with E-state index in [1.807, 2.05) is 5.43 Å². The third-order valence-corrected chi connectivity index (χ3v) is 3.03. The van der Waals surface area contributed by atoms with Crippen molar-refractivity contribution in [1.82, 2.24) is 10.9 Å². The van der Waals surface area contributed by atoms with Gasteiger partial charge in [0.25, 0.3) is 0 Å². The summed E-state index contributed by atoms with van der Waals surface area (Å²) < 4.78 is 44.6. The van der Waals surface area contributed by atoms with Crippen molar-refractivity contribution < 1.29 is 27.5 Å². The minimum absolute atomic E-state index is 0.00510. The summed E-state index contributed by atoms with van der Waals surface area (Å²) in [6, 6.07) is 1.42. The first-order valence-electron chi connectivity index (χ1n) is 7.04. The molecule has 0 spiro atoms. The van der Waals surface area contributed by atoms with Crippen LogP contribution in [-0.4, -0.2) is 23.5 Å². The lowest BCUT2D eigenvalue weighted by atomic mass is 9.95. The van der Waals surface area contributed by atoms with Crippen LogP contribution in [0, 0.1) is 17.5 Å². The fourth-order valence-electron chi connectivity index (χ4n) is 1.84. The molecule has 1 unspecified atom stereocenters. The van der Waals surface area contributed by atoms with Crippen molar-refractivity contribution >= 4 is 23.6 Å². The molecule has 0 fully saturated rings. The molecule has 2 N–H and O–H groups in total. The number of amides is 2. The van der Waals surface area contributed by atoms with Crippen molar-refractivity contribution in [3.05, 3.63) is 35.1 Å². The molecule has 0 aliphatic rings. The number of carbonyl (C=O) groups excluding carboxylic acids is 2. The third-order valence-electron chi connectivity index (χ3n) is 2.81. The fourth-order valence-corrected chi connectivity index (χ4v) is 2.06. The molecule has 2 amide bonds. The number of hydrogen-bond donors (Lipinski definition) is 2. The molecule has 1 aromatic rings. The van der Waals surface area contributed by atoms with Crippen molar-refractivity contribution in [2.75, 3.05) is 5.88 Å². The molecule has 1 rings (SSSR count). The van der Waals surface area contributed by atoms with Crippen molar-refractivity contribution in [2.45, 2.75) is 38.7 Å². The first-order chi connectivity index (χ1) is 11.0. The van der Waals surface area contributed by atoms with E-state index in [4.69, 9.17) is 16.3 Å². The van der Waals surface area contributed by atoms with Crippen LogP contribution < -0.4 is 10.9 Å². The number of hydrogen-bond acceptors (Lipinski definition) is 3. The maximum absolute atomic E-state index is 13.3. The van der Waals surface area contributed by atoms with Crippen LogP contribution in [0.3, 0.4) is 0 Å². The highest BCUT2D eigenvalue weighted by molar-refractivity contribution is 6.18. The van der Waals surface area contributed by atoms with Gasteiger partial charge < -0.3 is 4.74 Å². The number of benzene rings is 1. The molecule has 0 saturated carbocycles. The standard InChI is InChI=1S/C15H18ClF3N2O3/c1-15(2,3)24-14(23)21-20-13(22)9(4-5-16)8-6-10(17)12(19)11(18)7-8/h6-7,9H,4-5H2,1-3H3,(H,20,22)(H,21,23). The second-order valence-electron chi connectivity index (χ2n) is 5.94. The first kappa shape index (κ1) is 20.1. The van der Waals surface area contributed by atoms with Gasteiger partial charge in [-0.15, -0.1) is 11.6 Å². The summed E-state index contributed by atoms with van der Waals surface area (Å²) in [5, 5.41) is 0. The van der Waals surface area contributed by atoms with Crippen molar-refractivity contribution in [1.29, 1.82) is 0 Å². The molecular formula is C15H18ClF3N2O3. The summed E-state index contributed by atoms with van der Waals surface area (Å²) in [5.41, 5.74) is 3.23. The molecule has 0 bridgehead atoms. The number of rotatable bonds is 4. The van der Waals surface area contributed by atoms with Crippen LogP contribution in [0.4, 0.5) is 18.0 Å². The fraction of sp³-hybridized carbons (Fsp3) is 0.467. The van der Waals surface area contributed by atoms with Crippen LogP contribution in [0.2, 0.25) is 0 Å². The molecule has 0 aromatic heterocycles. The van der Waals surface area contributed by atoms with Gasteiger partial charge in [0.2, 0.25) is 5.91 Å². The molecule has 1 aromatic carbocycles. The van der Waals surface area contributed by atoms with E-state index >= 15 is 0 Å². The Hall–Kier alpha value is -1.96. The van der Waals surface area contributed by atoms with Crippen LogP contribution in [0.25, 0.3) is 0 Å². The average molecular weight is 367 g/mol. The number of alkyl halides is 1. The van der Waals surface area contributed by atoms with E-state index in [-0.39, 0.29) is 17.9 Å². The molecule has 0 aliphatic carbocycles. The summed E-state index contributed by atoms with van der Waals surface area (Å²) in [5.74, 6) is -6.31. The monoisotopic (exact) mass is 366 g/mol. The molecule has 0 heterocycles. The Morgan fingerprint density at radius 3 is 2.17 bits per heavy atom. The van der Waals surface area contributed by atoms with Gasteiger partial charge in [-0.3, -0.25) is 10.2 Å². The van der Waals surface area contributed by atoms with E-state index in [1.54, 1.807) is 20.8 Å². The molecular weight excluding hydrogens is 349 g/mol. The van der Waals surface area contributed by atoms with Crippen molar-refractivity contribution in [3.8, 4) is 0 Å². The quantitative estimate of drug-likeness (QED) is 0.487. The van der Waals surface area contributed by atoms with E-state index in [2.05, 4.69) is 5.43 Å². The largest absolute Gasteiger partial charge is 0.443 e. The van der Waals surface area contributed by atoms with Gasteiger partial charge in [-0.25, -0.2) is 23.4 Å². The number of hydrazine groups is 1. The maximum Gasteiger partial charge on any atom is 0.426 e. The van der Waals surface area contributed by atoms with E-state index in [0.29, 0.717) is 12.1 Å². The molecule has 24 heavy (non-hydrogen) atoms. The Labute approximate surface area is 142 Å². The Kier molecular flexibility index (Phi) is 6.89. The highest BCUT2D eigenvalue weighted by Gasteiger charge is 2.24. The lowest BCUT2D eigenvalue weighted by Crippen LogP contribution is -2.46. The van der Waals surface area contributed by atoms with Gasteiger partial charge in [0.1, 0.15) is 5.60 Å². The predicted octanol–water partition coefficient (Wildman–Crippen LogP) is 3.37. The Morgan fingerprint density at radius 2 is 1.71 bits per heavy atom. The van der Waals surface area contributed by atoms with Crippen LogP contribution in [0.15, 0.2) is 12.1 Å². The van der Waals surface area contributed by atoms with Crippen molar-refractivity contribution in [3.63, 3.8) is 0 Å². The van der Waals surface area contributed by atoms with E-state index in [9.17, 15) is 22.8 Å². The Morgan fingerprint density at radius 1 is 1.17 bits per heavy atom. The minimum atomic E-state index is -1.63. The highest BCUT2D eigenvalue weighted by Crippen LogP contribution is 2.24. The Balaban J connectivity index is 2.85. The highest BCUT2D eigenvalue weighted by atomic mass is 35.5. The maximum atomic E-state index is 13.3. The Bertz CT molecular complexity index is 597. The normalized spacial score (nSPS) is 12.5. The molecule has 0 saturated heterocycles. The second-order valence-corrected chi connectivity index (χ2v) is 6.32. The lowest BCUT2D eigenvalue weighted by Gasteiger charge is -2.21. The molecule has 0 radical (unpaired) electrons. The van der Waals surface area contributed by atoms with Crippen LogP contribution >= 0.6 is 11.6 Å². The van der Waals surface area contributed by atoms with Crippen LogP contribution in [0.5, 0.6) is 0 Å². The van der Waals surface area contributed by atoms with E-state index in [1.165, 1.54) is 0 Å². The van der Waals surface area contributed by atoms with Gasteiger partial charge >= 0.3 is 6.09 Å². The molecule has 0 aliphatic heterocycles. The third kappa shape index (κ3) is 5.92. The summed E-state index contributed by atoms with van der Waals surface area (Å²) >= 11 is 5.60. The number of carbonyl (C=O) groups is 2. The lowest BCUT2D eigenvalue weighted by molar-refractivity contribution is -0.123. The number of ether oxygens (including phenoxy) is 1. The summed E-state index contributed by atoms with van der Waals surface area (Å²) in [6.07, 6.45) is -0.884. The summed E-state index contributed by atoms with van der Waals surface area (Å²) in [7, 11) is 0. The number of halogens is 4. The first-order valence-corrected chi connectivity index (χ1v) is 7.58. The minimum Gasteiger partial charge on any atom is -0.443 e. The molecule has 1 atom stereocenters. The summed E-state index contributed by atoms with van der Waals surface area (Å²) in [6.45, 7) is 4.90. The zero-order valence-corrected chi connectivity index (χ0v) is 14.1. The van der Waals surface area contributed by atoms with E-state index < -0.39 is 41.0 Å². The van der Waals surface area contributed by atoms with Gasteiger partial charge in [0.15, 0.2) is 17.5 Å². The van der Waals surface area contributed by atoms with Gasteiger partial charge in [0.05, 0.1) is 5.92 Å².